The van der Waals surface area contributed by atoms with Crippen molar-refractivity contribution in [2.75, 3.05) is 52.1 Å². The smallest absolute Gasteiger partial charge is 0.193 e. The van der Waals surface area contributed by atoms with Gasteiger partial charge in [0.2, 0.25) is 0 Å². The van der Waals surface area contributed by atoms with Crippen LogP contribution in [0.1, 0.15) is 40.0 Å². The molecule has 0 atom stereocenters. The van der Waals surface area contributed by atoms with Crippen molar-refractivity contribution in [1.82, 2.24) is 15.1 Å². The van der Waals surface area contributed by atoms with Crippen LogP contribution in [-0.4, -0.2) is 81.0 Å². The van der Waals surface area contributed by atoms with Crippen molar-refractivity contribution >= 4 is 39.8 Å². The zero-order chi connectivity index (χ0) is 17.8. The average Bonchev–Trinajstić information content (AvgIpc) is 2.52. The summed E-state index contributed by atoms with van der Waals surface area (Å²) in [5, 5.41) is 3.41. The van der Waals surface area contributed by atoms with Crippen LogP contribution in [-0.2, 0) is 9.84 Å². The summed E-state index contributed by atoms with van der Waals surface area (Å²) >= 11 is 0. The maximum Gasteiger partial charge on any atom is 0.193 e. The number of sulfone groups is 1. The van der Waals surface area contributed by atoms with E-state index >= 15 is 0 Å². The quantitative estimate of drug-likeness (QED) is 0.284. The van der Waals surface area contributed by atoms with E-state index in [0.29, 0.717) is 13.1 Å². The molecular formula is C17H35IN4O2S. The molecule has 6 nitrogen and oxygen atoms in total. The van der Waals surface area contributed by atoms with E-state index in [1.54, 1.807) is 20.9 Å². The van der Waals surface area contributed by atoms with Gasteiger partial charge in [-0.15, -0.1) is 24.0 Å². The van der Waals surface area contributed by atoms with Gasteiger partial charge >= 0.3 is 0 Å². The highest BCUT2D eigenvalue weighted by atomic mass is 127. The Morgan fingerprint density at radius 2 is 1.88 bits per heavy atom. The number of nitrogens with one attached hydrogen (secondary N) is 1. The van der Waals surface area contributed by atoms with Gasteiger partial charge in [0.1, 0.15) is 0 Å². The van der Waals surface area contributed by atoms with Gasteiger partial charge in [0, 0.05) is 26.7 Å². The molecule has 2 aliphatic heterocycles. The van der Waals surface area contributed by atoms with Crippen LogP contribution in [0.4, 0.5) is 0 Å². The second kappa shape index (κ2) is 9.73. The predicted octanol–water partition coefficient (Wildman–Crippen LogP) is 1.81. The summed E-state index contributed by atoms with van der Waals surface area (Å²) in [5.74, 6) is 1.90. The fourth-order valence-corrected chi connectivity index (χ4v) is 4.81. The zero-order valence-electron chi connectivity index (χ0n) is 16.1. The van der Waals surface area contributed by atoms with Crippen LogP contribution in [0.5, 0.6) is 0 Å². The van der Waals surface area contributed by atoms with Gasteiger partial charge in [0.25, 0.3) is 0 Å². The fraction of sp³-hybridized carbons (Fsp3) is 0.941. The lowest BCUT2D eigenvalue weighted by Crippen LogP contribution is -2.57. The van der Waals surface area contributed by atoms with Crippen LogP contribution in [0.3, 0.4) is 0 Å². The van der Waals surface area contributed by atoms with E-state index in [0.717, 1.165) is 31.4 Å². The van der Waals surface area contributed by atoms with Crippen LogP contribution in [0, 0.1) is 5.92 Å². The maximum atomic E-state index is 12.1. The lowest BCUT2D eigenvalue weighted by atomic mass is 9.99. The van der Waals surface area contributed by atoms with Gasteiger partial charge in [-0.05, 0) is 58.7 Å². The summed E-state index contributed by atoms with van der Waals surface area (Å²) in [6.07, 6.45) is 3.71. The molecule has 2 aliphatic rings. The van der Waals surface area contributed by atoms with Crippen molar-refractivity contribution in [3.8, 4) is 0 Å². The number of aliphatic imine (C=N–C) groups is 1. The largest absolute Gasteiger partial charge is 0.356 e. The van der Waals surface area contributed by atoms with E-state index in [9.17, 15) is 8.42 Å². The molecule has 0 spiro atoms. The molecule has 0 bridgehead atoms. The number of rotatable bonds is 4. The number of nitrogens with zero attached hydrogens (tertiary/aromatic N) is 3. The number of hydrogen-bond acceptors (Lipinski definition) is 4. The SMILES string of the molecule is CN=C(NCCCN1CCC(C)CC1)N1CCS(=O)(=O)C(C)(C)C1.I. The van der Waals surface area contributed by atoms with Gasteiger partial charge < -0.3 is 15.1 Å². The van der Waals surface area contributed by atoms with Gasteiger partial charge in [-0.2, -0.15) is 0 Å². The first-order chi connectivity index (χ1) is 11.2. The van der Waals surface area contributed by atoms with E-state index in [4.69, 9.17) is 0 Å². The Morgan fingerprint density at radius 3 is 2.44 bits per heavy atom. The standard InChI is InChI=1S/C17H34N4O2S.HI/c1-15-6-10-20(11-7-15)9-5-8-19-16(18-4)21-12-13-24(22,23)17(2,3)14-21;/h15H,5-14H2,1-4H3,(H,18,19);1H. The lowest BCUT2D eigenvalue weighted by Gasteiger charge is -2.39. The molecule has 1 N–H and O–H groups in total. The van der Waals surface area contributed by atoms with Gasteiger partial charge in [-0.1, -0.05) is 6.92 Å². The summed E-state index contributed by atoms with van der Waals surface area (Å²) in [6, 6.07) is 0. The highest BCUT2D eigenvalue weighted by molar-refractivity contribution is 14.0. The molecule has 8 heteroatoms. The van der Waals surface area contributed by atoms with Gasteiger partial charge in [0.15, 0.2) is 15.8 Å². The molecule has 25 heavy (non-hydrogen) atoms. The summed E-state index contributed by atoms with van der Waals surface area (Å²) in [5.41, 5.74) is 0. The molecule has 0 aromatic rings. The Bertz CT molecular complexity index is 543. The molecule has 2 saturated heterocycles. The summed E-state index contributed by atoms with van der Waals surface area (Å²) in [6.45, 7) is 11.4. The maximum absolute atomic E-state index is 12.1. The molecule has 0 unspecified atom stereocenters. The van der Waals surface area contributed by atoms with Crippen LogP contribution in [0.15, 0.2) is 4.99 Å². The first-order valence-electron chi connectivity index (χ1n) is 9.15. The van der Waals surface area contributed by atoms with Crippen molar-refractivity contribution in [1.29, 1.82) is 0 Å². The highest BCUT2D eigenvalue weighted by Gasteiger charge is 2.40. The molecule has 2 fully saturated rings. The Balaban J connectivity index is 0.00000312. The summed E-state index contributed by atoms with van der Waals surface area (Å²) < 4.78 is 23.5. The van der Waals surface area contributed by atoms with Gasteiger partial charge in [-0.25, -0.2) is 8.42 Å². The second-order valence-corrected chi connectivity index (χ2v) is 10.6. The molecule has 148 valence electrons. The normalized spacial score (nSPS) is 24.6. The predicted molar refractivity (Wildman–Crippen MR) is 116 cm³/mol. The minimum atomic E-state index is -3.01. The lowest BCUT2D eigenvalue weighted by molar-refractivity contribution is 0.191. The highest BCUT2D eigenvalue weighted by Crippen LogP contribution is 2.23. The summed E-state index contributed by atoms with van der Waals surface area (Å²) in [7, 11) is -1.24. The fourth-order valence-electron chi connectivity index (χ4n) is 3.45. The molecule has 0 aromatic carbocycles. The third-order valence-corrected chi connectivity index (χ3v) is 7.90. The van der Waals surface area contributed by atoms with E-state index in [-0.39, 0.29) is 29.7 Å². The molecule has 0 aromatic heterocycles. The van der Waals surface area contributed by atoms with Crippen LogP contribution >= 0.6 is 24.0 Å². The van der Waals surface area contributed by atoms with Crippen LogP contribution in [0.25, 0.3) is 0 Å². The molecule has 0 saturated carbocycles. The molecular weight excluding hydrogens is 451 g/mol. The molecule has 0 aliphatic carbocycles. The molecule has 0 radical (unpaired) electrons. The van der Waals surface area contributed by atoms with E-state index < -0.39 is 14.6 Å². The molecule has 2 rings (SSSR count). The molecule has 2 heterocycles. The Morgan fingerprint density at radius 1 is 1.24 bits per heavy atom. The molecule has 0 amide bonds. The second-order valence-electron chi connectivity index (χ2n) is 7.85. The van der Waals surface area contributed by atoms with E-state index in [1.807, 2.05) is 0 Å². The minimum absolute atomic E-state index is 0. The van der Waals surface area contributed by atoms with Gasteiger partial charge in [-0.3, -0.25) is 4.99 Å². The van der Waals surface area contributed by atoms with Crippen molar-refractivity contribution in [3.63, 3.8) is 0 Å². The third-order valence-electron chi connectivity index (χ3n) is 5.37. The van der Waals surface area contributed by atoms with Crippen molar-refractivity contribution < 1.29 is 8.42 Å². The summed E-state index contributed by atoms with van der Waals surface area (Å²) in [4.78, 5) is 8.96. The number of halogens is 1. The van der Waals surface area contributed by atoms with Gasteiger partial charge in [0.05, 0.1) is 10.5 Å². The van der Waals surface area contributed by atoms with Crippen molar-refractivity contribution in [3.05, 3.63) is 0 Å². The minimum Gasteiger partial charge on any atom is -0.356 e. The van der Waals surface area contributed by atoms with Crippen molar-refractivity contribution in [2.24, 2.45) is 10.9 Å². The van der Waals surface area contributed by atoms with Crippen LogP contribution < -0.4 is 5.32 Å². The van der Waals surface area contributed by atoms with Crippen molar-refractivity contribution in [2.45, 2.75) is 44.8 Å². The topological polar surface area (TPSA) is 65.0 Å². The van der Waals surface area contributed by atoms with E-state index in [2.05, 4.69) is 27.0 Å². The number of guanidine groups is 1. The van der Waals surface area contributed by atoms with E-state index in [1.165, 1.54) is 25.9 Å². The monoisotopic (exact) mass is 486 g/mol. The first kappa shape index (κ1) is 23.0. The number of likely N-dealkylation sites (tertiary alicyclic amines) is 1. The zero-order valence-corrected chi connectivity index (χ0v) is 19.3. The Labute approximate surface area is 170 Å². The number of piperidine rings is 1. The third kappa shape index (κ3) is 6.23. The van der Waals surface area contributed by atoms with Crippen LogP contribution in [0.2, 0.25) is 0 Å². The first-order valence-corrected chi connectivity index (χ1v) is 10.8. The number of hydrogen-bond donors (Lipinski definition) is 1. The average molecular weight is 486 g/mol. The Hall–Kier alpha value is -0.0900. The Kier molecular flexibility index (Phi) is 8.93.